The van der Waals surface area contributed by atoms with Crippen LogP contribution in [0.1, 0.15) is 18.1 Å². The van der Waals surface area contributed by atoms with Crippen molar-refractivity contribution >= 4 is 11.4 Å². The van der Waals surface area contributed by atoms with Crippen molar-refractivity contribution < 1.29 is 0 Å². The van der Waals surface area contributed by atoms with Gasteiger partial charge in [-0.1, -0.05) is 36.4 Å². The zero-order valence-electron chi connectivity index (χ0n) is 12.3. The van der Waals surface area contributed by atoms with Gasteiger partial charge in [0.2, 0.25) is 0 Å². The fourth-order valence-corrected chi connectivity index (χ4v) is 3.16. The first-order valence-corrected chi connectivity index (χ1v) is 7.43. The van der Waals surface area contributed by atoms with Gasteiger partial charge in [-0.25, -0.2) is 0 Å². The van der Waals surface area contributed by atoms with Crippen LogP contribution in [0.4, 0.5) is 11.4 Å². The maximum absolute atomic E-state index is 3.58. The van der Waals surface area contributed by atoms with Crippen LogP contribution >= 0.6 is 0 Å². The van der Waals surface area contributed by atoms with Crippen molar-refractivity contribution in [3.05, 3.63) is 59.7 Å². The molecule has 2 aromatic rings. The minimum absolute atomic E-state index is 0.524. The van der Waals surface area contributed by atoms with E-state index in [2.05, 4.69) is 72.6 Å². The Hall–Kier alpha value is -1.96. The summed E-state index contributed by atoms with van der Waals surface area (Å²) in [5, 5.41) is 3.58. The average molecular weight is 266 g/mol. The monoisotopic (exact) mass is 266 g/mol. The summed E-state index contributed by atoms with van der Waals surface area (Å²) in [6.07, 6.45) is 1.12. The average Bonchev–Trinajstić information content (AvgIpc) is 2.50. The summed E-state index contributed by atoms with van der Waals surface area (Å²) in [6, 6.07) is 17.8. The molecule has 1 unspecified atom stereocenters. The van der Waals surface area contributed by atoms with Gasteiger partial charge in [-0.2, -0.15) is 0 Å². The Labute approximate surface area is 121 Å². The van der Waals surface area contributed by atoms with E-state index in [-0.39, 0.29) is 0 Å². The van der Waals surface area contributed by atoms with Crippen LogP contribution in [0.15, 0.2) is 48.5 Å². The Morgan fingerprint density at radius 3 is 2.65 bits per heavy atom. The Kier molecular flexibility index (Phi) is 3.64. The molecule has 0 fully saturated rings. The zero-order valence-corrected chi connectivity index (χ0v) is 12.3. The summed E-state index contributed by atoms with van der Waals surface area (Å²) in [4.78, 5) is 2.53. The van der Waals surface area contributed by atoms with E-state index in [0.29, 0.717) is 6.04 Å². The predicted molar refractivity (Wildman–Crippen MR) is 86.6 cm³/mol. The number of benzene rings is 2. The number of hydrogen-bond acceptors (Lipinski definition) is 2. The molecule has 0 bridgehead atoms. The maximum Gasteiger partial charge on any atom is 0.0503 e. The summed E-state index contributed by atoms with van der Waals surface area (Å²) in [6.45, 7) is 6.49. The van der Waals surface area contributed by atoms with Crippen LogP contribution in [0.5, 0.6) is 0 Å². The number of nitrogens with zero attached hydrogens (tertiary/aromatic N) is 1. The molecule has 1 N–H and O–H groups in total. The minimum Gasteiger partial charge on any atom is -0.383 e. The molecule has 2 heteroatoms. The molecule has 0 aromatic heterocycles. The van der Waals surface area contributed by atoms with Crippen molar-refractivity contribution in [2.24, 2.45) is 0 Å². The van der Waals surface area contributed by atoms with Gasteiger partial charge in [0.1, 0.15) is 0 Å². The molecule has 1 aliphatic heterocycles. The van der Waals surface area contributed by atoms with Gasteiger partial charge in [0.05, 0.1) is 6.04 Å². The molecule has 0 radical (unpaired) electrons. The van der Waals surface area contributed by atoms with E-state index in [1.165, 1.54) is 22.5 Å². The maximum atomic E-state index is 3.58. The molecule has 0 spiro atoms. The van der Waals surface area contributed by atoms with Crippen LogP contribution in [0.3, 0.4) is 0 Å². The van der Waals surface area contributed by atoms with E-state index >= 15 is 0 Å². The van der Waals surface area contributed by atoms with Crippen LogP contribution in [0.2, 0.25) is 0 Å². The highest BCUT2D eigenvalue weighted by Crippen LogP contribution is 2.28. The first-order chi connectivity index (χ1) is 9.79. The molecule has 0 saturated heterocycles. The van der Waals surface area contributed by atoms with E-state index < -0.39 is 0 Å². The van der Waals surface area contributed by atoms with Crippen molar-refractivity contribution in [3.63, 3.8) is 0 Å². The van der Waals surface area contributed by atoms with Crippen LogP contribution in [-0.4, -0.2) is 19.1 Å². The van der Waals surface area contributed by atoms with Crippen molar-refractivity contribution in [3.8, 4) is 0 Å². The molecule has 2 nitrogen and oxygen atoms in total. The van der Waals surface area contributed by atoms with E-state index in [4.69, 9.17) is 0 Å². The van der Waals surface area contributed by atoms with Gasteiger partial charge < -0.3 is 10.2 Å². The predicted octanol–water partition coefficient (Wildman–Crippen LogP) is 3.86. The molecule has 1 aliphatic rings. The second-order valence-electron chi connectivity index (χ2n) is 5.47. The van der Waals surface area contributed by atoms with Crippen LogP contribution < -0.4 is 10.2 Å². The van der Waals surface area contributed by atoms with E-state index in [9.17, 15) is 0 Å². The molecule has 20 heavy (non-hydrogen) atoms. The summed E-state index contributed by atoms with van der Waals surface area (Å²) in [5.41, 5.74) is 5.44. The van der Waals surface area contributed by atoms with E-state index in [0.717, 1.165) is 19.5 Å². The molecular weight excluding hydrogens is 244 g/mol. The number of fused-ring (bicyclic) bond motifs is 1. The number of aryl methyl sites for hydroxylation is 1. The number of para-hydroxylation sites is 2. The fourth-order valence-electron chi connectivity index (χ4n) is 3.16. The minimum atomic E-state index is 0.524. The van der Waals surface area contributed by atoms with Crippen LogP contribution in [-0.2, 0) is 6.42 Å². The van der Waals surface area contributed by atoms with Gasteiger partial charge >= 0.3 is 0 Å². The molecule has 0 amide bonds. The standard InChI is InChI=1S/C18H22N2/c1-3-20(18-11-7-4-8-14(18)2)16-12-15-9-5-6-10-17(15)19-13-16/h4-11,16,19H,3,12-13H2,1-2H3. The largest absolute Gasteiger partial charge is 0.383 e. The second kappa shape index (κ2) is 5.58. The summed E-state index contributed by atoms with van der Waals surface area (Å²) < 4.78 is 0. The lowest BCUT2D eigenvalue weighted by Gasteiger charge is -2.37. The number of likely N-dealkylation sites (N-methyl/N-ethyl adjacent to an activating group) is 1. The Bertz CT molecular complexity index is 591. The van der Waals surface area contributed by atoms with Gasteiger partial charge in [0.25, 0.3) is 0 Å². The molecule has 0 aliphatic carbocycles. The smallest absolute Gasteiger partial charge is 0.0503 e. The number of anilines is 2. The molecule has 3 rings (SSSR count). The van der Waals surface area contributed by atoms with Gasteiger partial charge in [0.15, 0.2) is 0 Å². The van der Waals surface area contributed by atoms with Gasteiger partial charge in [-0.3, -0.25) is 0 Å². The normalized spacial score (nSPS) is 17.2. The SMILES string of the molecule is CCN(c1ccccc1C)C1CNc2ccccc2C1. The van der Waals surface area contributed by atoms with Crippen molar-refractivity contribution in [1.82, 2.24) is 0 Å². The van der Waals surface area contributed by atoms with Crippen molar-refractivity contribution in [2.75, 3.05) is 23.3 Å². The van der Waals surface area contributed by atoms with Gasteiger partial charge in [-0.15, -0.1) is 0 Å². The fraction of sp³-hybridized carbons (Fsp3) is 0.333. The first kappa shape index (κ1) is 13.0. The summed E-state index contributed by atoms with van der Waals surface area (Å²) in [5.74, 6) is 0. The Morgan fingerprint density at radius 1 is 1.10 bits per heavy atom. The number of rotatable bonds is 3. The molecular formula is C18H22N2. The van der Waals surface area contributed by atoms with Crippen LogP contribution in [0, 0.1) is 6.92 Å². The number of nitrogens with one attached hydrogen (secondary N) is 1. The molecule has 1 heterocycles. The summed E-state index contributed by atoms with van der Waals surface area (Å²) in [7, 11) is 0. The third kappa shape index (κ3) is 2.38. The van der Waals surface area contributed by atoms with Gasteiger partial charge in [0, 0.05) is 24.5 Å². The lowest BCUT2D eigenvalue weighted by atomic mass is 9.97. The quantitative estimate of drug-likeness (QED) is 0.907. The zero-order chi connectivity index (χ0) is 13.9. The third-order valence-electron chi connectivity index (χ3n) is 4.21. The summed E-state index contributed by atoms with van der Waals surface area (Å²) >= 11 is 0. The highest BCUT2D eigenvalue weighted by atomic mass is 15.2. The van der Waals surface area contributed by atoms with Gasteiger partial charge in [-0.05, 0) is 43.5 Å². The second-order valence-corrected chi connectivity index (χ2v) is 5.47. The lowest BCUT2D eigenvalue weighted by molar-refractivity contribution is 0.605. The molecule has 104 valence electrons. The molecule has 0 saturated carbocycles. The van der Waals surface area contributed by atoms with Crippen LogP contribution in [0.25, 0.3) is 0 Å². The Balaban J connectivity index is 1.87. The van der Waals surface area contributed by atoms with E-state index in [1.807, 2.05) is 0 Å². The van der Waals surface area contributed by atoms with Crippen molar-refractivity contribution in [1.29, 1.82) is 0 Å². The highest BCUT2D eigenvalue weighted by Gasteiger charge is 2.23. The lowest BCUT2D eigenvalue weighted by Crippen LogP contribution is -2.44. The molecule has 1 atom stereocenters. The van der Waals surface area contributed by atoms with E-state index in [1.54, 1.807) is 0 Å². The Morgan fingerprint density at radius 2 is 1.85 bits per heavy atom. The topological polar surface area (TPSA) is 15.3 Å². The number of hydrogen-bond donors (Lipinski definition) is 1. The third-order valence-corrected chi connectivity index (χ3v) is 4.21. The van der Waals surface area contributed by atoms with Crippen molar-refractivity contribution in [2.45, 2.75) is 26.3 Å². The molecule has 2 aromatic carbocycles. The first-order valence-electron chi connectivity index (χ1n) is 7.43. The highest BCUT2D eigenvalue weighted by molar-refractivity contribution is 5.58.